The van der Waals surface area contributed by atoms with Crippen LogP contribution in [0.2, 0.25) is 0 Å². The lowest BCUT2D eigenvalue weighted by Crippen LogP contribution is -2.13. The summed E-state index contributed by atoms with van der Waals surface area (Å²) >= 11 is 0. The first-order valence-corrected chi connectivity index (χ1v) is 9.36. The number of para-hydroxylation sites is 1. The maximum atomic E-state index is 12.9. The third-order valence-corrected chi connectivity index (χ3v) is 4.67. The van der Waals surface area contributed by atoms with Gasteiger partial charge in [0.1, 0.15) is 0 Å². The van der Waals surface area contributed by atoms with Gasteiger partial charge in [0.2, 0.25) is 0 Å². The van der Waals surface area contributed by atoms with Gasteiger partial charge in [0.05, 0.1) is 22.3 Å². The molecule has 9 heteroatoms. The number of rotatable bonds is 5. The van der Waals surface area contributed by atoms with E-state index in [0.717, 1.165) is 5.56 Å². The van der Waals surface area contributed by atoms with Crippen LogP contribution in [0.3, 0.4) is 0 Å². The number of nitrogens with one attached hydrogen (secondary N) is 2. The second-order valence-corrected chi connectivity index (χ2v) is 7.22. The minimum Gasteiger partial charge on any atom is -0.337 e. The summed E-state index contributed by atoms with van der Waals surface area (Å²) in [6, 6.07) is 10.0. The van der Waals surface area contributed by atoms with Crippen molar-refractivity contribution < 1.29 is 18.1 Å². The van der Waals surface area contributed by atoms with Crippen LogP contribution in [0.4, 0.5) is 14.5 Å². The fourth-order valence-corrected chi connectivity index (χ4v) is 3.05. The predicted molar refractivity (Wildman–Crippen MR) is 108 cm³/mol. The van der Waals surface area contributed by atoms with Crippen molar-refractivity contribution in [1.29, 1.82) is 0 Å². The van der Waals surface area contributed by atoms with Gasteiger partial charge in [-0.15, -0.1) is 0 Å². The number of aromatic amines is 1. The molecule has 0 bridgehead atoms. The summed E-state index contributed by atoms with van der Waals surface area (Å²) in [5, 5.41) is 6.86. The highest BCUT2D eigenvalue weighted by Crippen LogP contribution is 2.31. The SMILES string of the molecule is Cc1cccc(-c2nc(C(C)C)no2)c1NC(=O)c1ccc2nc(C(F)F)[nH]c2c1. The number of amides is 1. The number of carbonyl (C=O) groups excluding carboxylic acids is 1. The molecule has 154 valence electrons. The Morgan fingerprint density at radius 2 is 1.97 bits per heavy atom. The molecule has 2 aromatic heterocycles. The molecule has 4 aromatic rings. The average molecular weight is 411 g/mol. The Bertz CT molecular complexity index is 1230. The number of aryl methyl sites for hydroxylation is 1. The highest BCUT2D eigenvalue weighted by molar-refractivity contribution is 6.07. The van der Waals surface area contributed by atoms with Crippen molar-refractivity contribution in [2.45, 2.75) is 33.1 Å². The molecule has 0 spiro atoms. The van der Waals surface area contributed by atoms with Crippen LogP contribution in [0, 0.1) is 6.92 Å². The second kappa shape index (κ2) is 7.66. The zero-order valence-electron chi connectivity index (χ0n) is 16.5. The molecule has 0 radical (unpaired) electrons. The number of anilines is 1. The van der Waals surface area contributed by atoms with Gasteiger partial charge >= 0.3 is 0 Å². The van der Waals surface area contributed by atoms with Crippen molar-refractivity contribution in [1.82, 2.24) is 20.1 Å². The van der Waals surface area contributed by atoms with Crippen LogP contribution in [-0.2, 0) is 0 Å². The van der Waals surface area contributed by atoms with E-state index in [4.69, 9.17) is 4.52 Å². The van der Waals surface area contributed by atoms with Gasteiger partial charge in [-0.05, 0) is 36.8 Å². The molecule has 2 N–H and O–H groups in total. The van der Waals surface area contributed by atoms with Gasteiger partial charge in [-0.25, -0.2) is 13.8 Å². The van der Waals surface area contributed by atoms with Crippen molar-refractivity contribution >= 4 is 22.6 Å². The third kappa shape index (κ3) is 3.66. The van der Waals surface area contributed by atoms with Crippen molar-refractivity contribution in [3.63, 3.8) is 0 Å². The van der Waals surface area contributed by atoms with Crippen LogP contribution in [0.1, 0.15) is 53.8 Å². The molecule has 0 fully saturated rings. The summed E-state index contributed by atoms with van der Waals surface area (Å²) < 4.78 is 31.1. The lowest BCUT2D eigenvalue weighted by Gasteiger charge is -2.12. The topological polar surface area (TPSA) is 96.7 Å². The highest BCUT2D eigenvalue weighted by Gasteiger charge is 2.19. The van der Waals surface area contributed by atoms with Gasteiger partial charge < -0.3 is 14.8 Å². The predicted octanol–water partition coefficient (Wildman–Crippen LogP) is 5.23. The van der Waals surface area contributed by atoms with Crippen LogP contribution in [0.5, 0.6) is 0 Å². The fourth-order valence-electron chi connectivity index (χ4n) is 3.05. The summed E-state index contributed by atoms with van der Waals surface area (Å²) in [6.07, 6.45) is -2.71. The molecule has 0 saturated carbocycles. The number of nitrogens with zero attached hydrogens (tertiary/aromatic N) is 3. The zero-order chi connectivity index (χ0) is 21.4. The first kappa shape index (κ1) is 19.7. The smallest absolute Gasteiger partial charge is 0.295 e. The van der Waals surface area contributed by atoms with E-state index < -0.39 is 18.2 Å². The van der Waals surface area contributed by atoms with Crippen molar-refractivity contribution in [2.75, 3.05) is 5.32 Å². The quantitative estimate of drug-likeness (QED) is 0.468. The fraction of sp³-hybridized carbons (Fsp3) is 0.238. The first-order chi connectivity index (χ1) is 14.3. The monoisotopic (exact) mass is 411 g/mol. The van der Waals surface area contributed by atoms with Gasteiger partial charge in [0.15, 0.2) is 11.6 Å². The van der Waals surface area contributed by atoms with E-state index >= 15 is 0 Å². The molecule has 0 atom stereocenters. The van der Waals surface area contributed by atoms with Crippen LogP contribution in [-0.4, -0.2) is 26.0 Å². The number of alkyl halides is 2. The van der Waals surface area contributed by atoms with Gasteiger partial charge in [-0.2, -0.15) is 4.98 Å². The minimum atomic E-state index is -2.71. The summed E-state index contributed by atoms with van der Waals surface area (Å²) in [4.78, 5) is 23.7. The Morgan fingerprint density at radius 1 is 1.17 bits per heavy atom. The number of benzene rings is 2. The number of H-pyrrole nitrogens is 1. The summed E-state index contributed by atoms with van der Waals surface area (Å²) in [6.45, 7) is 5.77. The second-order valence-electron chi connectivity index (χ2n) is 7.22. The van der Waals surface area contributed by atoms with Gasteiger partial charge in [0.25, 0.3) is 18.2 Å². The van der Waals surface area contributed by atoms with E-state index in [1.54, 1.807) is 6.07 Å². The third-order valence-electron chi connectivity index (χ3n) is 4.67. The Balaban J connectivity index is 1.67. The summed E-state index contributed by atoms with van der Waals surface area (Å²) in [5.74, 6) is 0.154. The maximum absolute atomic E-state index is 12.9. The van der Waals surface area contributed by atoms with Crippen molar-refractivity contribution in [2.24, 2.45) is 0 Å². The Kier molecular flexibility index (Phi) is 5.03. The molecule has 30 heavy (non-hydrogen) atoms. The van der Waals surface area contributed by atoms with Crippen LogP contribution < -0.4 is 5.32 Å². The van der Waals surface area contributed by atoms with Crippen molar-refractivity contribution in [3.05, 3.63) is 59.2 Å². The minimum absolute atomic E-state index is 0.101. The Labute approximate surface area is 170 Å². The molecule has 0 saturated heterocycles. The highest BCUT2D eigenvalue weighted by atomic mass is 19.3. The molecule has 7 nitrogen and oxygen atoms in total. The van der Waals surface area contributed by atoms with E-state index in [2.05, 4.69) is 25.4 Å². The average Bonchev–Trinajstić information content (AvgIpc) is 3.36. The zero-order valence-corrected chi connectivity index (χ0v) is 16.5. The molecule has 0 aliphatic heterocycles. The molecule has 2 heterocycles. The largest absolute Gasteiger partial charge is 0.337 e. The molecule has 0 aliphatic carbocycles. The Hall–Kier alpha value is -3.62. The molecule has 0 aliphatic rings. The van der Waals surface area contributed by atoms with E-state index in [1.165, 1.54) is 18.2 Å². The lowest BCUT2D eigenvalue weighted by atomic mass is 10.1. The maximum Gasteiger partial charge on any atom is 0.295 e. The van der Waals surface area contributed by atoms with Crippen LogP contribution in [0.25, 0.3) is 22.5 Å². The van der Waals surface area contributed by atoms with E-state index in [-0.39, 0.29) is 5.92 Å². The number of carbonyl (C=O) groups is 1. The molecule has 1 amide bonds. The number of hydrogen-bond donors (Lipinski definition) is 2. The molecular formula is C21H19F2N5O2. The van der Waals surface area contributed by atoms with Gasteiger partial charge in [0, 0.05) is 11.5 Å². The molecular weight excluding hydrogens is 392 g/mol. The number of imidazole rings is 1. The molecule has 0 unspecified atom stereocenters. The number of aromatic nitrogens is 4. The van der Waals surface area contributed by atoms with E-state index in [1.807, 2.05) is 32.9 Å². The lowest BCUT2D eigenvalue weighted by molar-refractivity contribution is 0.102. The number of hydrogen-bond acceptors (Lipinski definition) is 5. The van der Waals surface area contributed by atoms with Gasteiger partial charge in [-0.3, -0.25) is 4.79 Å². The van der Waals surface area contributed by atoms with E-state index in [0.29, 0.717) is 39.6 Å². The molecule has 4 rings (SSSR count). The van der Waals surface area contributed by atoms with Crippen molar-refractivity contribution in [3.8, 4) is 11.5 Å². The number of fused-ring (bicyclic) bond motifs is 1. The van der Waals surface area contributed by atoms with Crippen LogP contribution >= 0.6 is 0 Å². The first-order valence-electron chi connectivity index (χ1n) is 9.36. The normalized spacial score (nSPS) is 11.6. The Morgan fingerprint density at radius 3 is 2.67 bits per heavy atom. The van der Waals surface area contributed by atoms with Crippen LogP contribution in [0.15, 0.2) is 40.9 Å². The molecule has 2 aromatic carbocycles. The summed E-state index contributed by atoms with van der Waals surface area (Å²) in [5.41, 5.74) is 2.99. The summed E-state index contributed by atoms with van der Waals surface area (Å²) in [7, 11) is 0. The number of halogens is 2. The standard InChI is InChI=1S/C21H19F2N5O2/c1-10(2)18-27-21(30-28-18)13-6-4-5-11(3)16(13)26-20(29)12-7-8-14-15(9-12)25-19(24-14)17(22)23/h4-10,17H,1-3H3,(H,24,25)(H,26,29). The van der Waals surface area contributed by atoms with Gasteiger partial charge in [-0.1, -0.05) is 31.1 Å². The van der Waals surface area contributed by atoms with E-state index in [9.17, 15) is 13.6 Å².